The first-order valence-corrected chi connectivity index (χ1v) is 12.7. The molecule has 4 aromatic rings. The van der Waals surface area contributed by atoms with Crippen LogP contribution in [0.3, 0.4) is 0 Å². The van der Waals surface area contributed by atoms with E-state index in [0.29, 0.717) is 29.6 Å². The molecule has 1 atom stereocenters. The highest BCUT2D eigenvalue weighted by atomic mass is 19.1. The molecule has 200 valence electrons. The molecule has 12 heteroatoms. The molecule has 1 amide bonds. The Labute approximate surface area is 219 Å². The van der Waals surface area contributed by atoms with Gasteiger partial charge in [-0.15, -0.1) is 0 Å². The molecular weight excluding hydrogens is 491 g/mol. The van der Waals surface area contributed by atoms with Crippen molar-refractivity contribution in [3.8, 4) is 5.75 Å². The lowest BCUT2D eigenvalue weighted by atomic mass is 10.2. The van der Waals surface area contributed by atoms with Crippen LogP contribution in [0.5, 0.6) is 5.75 Å². The fourth-order valence-corrected chi connectivity index (χ4v) is 4.80. The van der Waals surface area contributed by atoms with Gasteiger partial charge in [0.2, 0.25) is 5.91 Å². The average molecular weight is 523 g/mol. The normalized spacial score (nSPS) is 15.7. The Hall–Kier alpha value is -4.03. The number of hydrogen-bond donors (Lipinski definition) is 4. The molecule has 0 radical (unpaired) electrons. The van der Waals surface area contributed by atoms with Crippen molar-refractivity contribution in [3.63, 3.8) is 0 Å². The summed E-state index contributed by atoms with van der Waals surface area (Å²) in [6, 6.07) is 7.72. The minimum Gasteiger partial charge on any atom is -0.492 e. The third-order valence-electron chi connectivity index (χ3n) is 6.67. The fraction of sp³-hybridized carbons (Fsp3) is 0.385. The van der Waals surface area contributed by atoms with Crippen molar-refractivity contribution in [1.29, 1.82) is 0 Å². The zero-order valence-corrected chi connectivity index (χ0v) is 21.2. The second-order valence-electron chi connectivity index (χ2n) is 9.38. The van der Waals surface area contributed by atoms with Gasteiger partial charge in [0, 0.05) is 35.6 Å². The predicted octanol–water partition coefficient (Wildman–Crippen LogP) is 3.05. The van der Waals surface area contributed by atoms with Crippen LogP contribution in [-0.2, 0) is 11.2 Å². The van der Waals surface area contributed by atoms with Crippen molar-refractivity contribution in [1.82, 2.24) is 29.7 Å². The van der Waals surface area contributed by atoms with Gasteiger partial charge in [-0.05, 0) is 50.9 Å². The minimum absolute atomic E-state index is 0.0446. The molecule has 0 aliphatic carbocycles. The van der Waals surface area contributed by atoms with Crippen molar-refractivity contribution in [3.05, 3.63) is 59.9 Å². The molecule has 0 bridgehead atoms. The molecule has 5 rings (SSSR count). The first-order chi connectivity index (χ1) is 18.5. The number of aromatic amines is 1. The first-order valence-electron chi connectivity index (χ1n) is 12.7. The van der Waals surface area contributed by atoms with Crippen LogP contribution in [-0.4, -0.2) is 73.1 Å². The lowest BCUT2D eigenvalue weighted by Crippen LogP contribution is -2.33. The monoisotopic (exact) mass is 522 g/mol. The second kappa shape index (κ2) is 11.6. The van der Waals surface area contributed by atoms with E-state index in [-0.39, 0.29) is 25.0 Å². The van der Waals surface area contributed by atoms with Gasteiger partial charge in [-0.3, -0.25) is 14.8 Å². The number of nitrogens with one attached hydrogen (secondary N) is 3. The van der Waals surface area contributed by atoms with Crippen molar-refractivity contribution < 1.29 is 19.0 Å². The van der Waals surface area contributed by atoms with Gasteiger partial charge in [-0.25, -0.2) is 13.9 Å². The number of aryl methyl sites for hydroxylation is 1. The maximum absolute atomic E-state index is 13.4. The highest BCUT2D eigenvalue weighted by Gasteiger charge is 2.23. The number of anilines is 3. The number of aliphatic hydroxyl groups is 1. The van der Waals surface area contributed by atoms with Gasteiger partial charge in [0.1, 0.15) is 23.4 Å². The van der Waals surface area contributed by atoms with Crippen molar-refractivity contribution >= 4 is 28.7 Å². The number of hydrogen-bond acceptors (Lipinski definition) is 8. The number of aromatic nitrogens is 5. The highest BCUT2D eigenvalue weighted by Crippen LogP contribution is 2.29. The first kappa shape index (κ1) is 25.6. The Morgan fingerprint density at radius 3 is 3.08 bits per heavy atom. The Bertz CT molecular complexity index is 1400. The third-order valence-corrected chi connectivity index (χ3v) is 6.67. The summed E-state index contributed by atoms with van der Waals surface area (Å²) in [5.74, 6) is 1.06. The minimum atomic E-state index is -0.417. The summed E-state index contributed by atoms with van der Waals surface area (Å²) in [4.78, 5) is 19.0. The van der Waals surface area contributed by atoms with Gasteiger partial charge in [-0.1, -0.05) is 6.07 Å². The van der Waals surface area contributed by atoms with E-state index >= 15 is 0 Å². The van der Waals surface area contributed by atoms with Gasteiger partial charge < -0.3 is 20.5 Å². The second-order valence-corrected chi connectivity index (χ2v) is 9.38. The third kappa shape index (κ3) is 5.92. The Morgan fingerprint density at radius 1 is 1.34 bits per heavy atom. The van der Waals surface area contributed by atoms with Crippen LogP contribution >= 0.6 is 0 Å². The quantitative estimate of drug-likeness (QED) is 0.221. The number of aliphatic hydroxyl groups excluding tert-OH is 1. The Morgan fingerprint density at radius 2 is 2.24 bits per heavy atom. The molecule has 38 heavy (non-hydrogen) atoms. The number of H-pyrrole nitrogens is 1. The fourth-order valence-electron chi connectivity index (χ4n) is 4.80. The smallest absolute Gasteiger partial charge is 0.230 e. The van der Waals surface area contributed by atoms with Crippen molar-refractivity contribution in [2.75, 3.05) is 36.9 Å². The lowest BCUT2D eigenvalue weighted by molar-refractivity contribution is -0.115. The van der Waals surface area contributed by atoms with E-state index in [1.165, 1.54) is 24.5 Å². The zero-order chi connectivity index (χ0) is 26.5. The van der Waals surface area contributed by atoms with E-state index in [0.717, 1.165) is 49.2 Å². The molecule has 1 saturated heterocycles. The van der Waals surface area contributed by atoms with Gasteiger partial charge in [0.25, 0.3) is 0 Å². The summed E-state index contributed by atoms with van der Waals surface area (Å²) in [6.07, 6.45) is 6.36. The van der Waals surface area contributed by atoms with Crippen LogP contribution in [0.15, 0.2) is 42.9 Å². The largest absolute Gasteiger partial charge is 0.492 e. The number of likely N-dealkylation sites (tertiary alicyclic amines) is 1. The number of benzene rings is 1. The SMILES string of the molecule is Cc1c(OCCCN2CCC[C@H]2CO)cn2ncnc(Nc3cc(CC(=O)Nc4cccc(F)c4)[nH]n3)c12. The summed E-state index contributed by atoms with van der Waals surface area (Å²) in [5, 5.41) is 26.7. The number of halogens is 1. The topological polar surface area (TPSA) is 133 Å². The van der Waals surface area contributed by atoms with Crippen LogP contribution in [0, 0.1) is 12.7 Å². The van der Waals surface area contributed by atoms with Crippen LogP contribution < -0.4 is 15.4 Å². The summed E-state index contributed by atoms with van der Waals surface area (Å²) in [7, 11) is 0. The van der Waals surface area contributed by atoms with Gasteiger partial charge in [0.05, 0.1) is 25.8 Å². The van der Waals surface area contributed by atoms with E-state index in [4.69, 9.17) is 4.74 Å². The Kier molecular flexibility index (Phi) is 7.80. The standard InChI is InChI=1S/C26H31FN8O3/c1-17-22(38-10-4-9-34-8-3-7-21(34)15-36)14-35-25(17)26(28-16-29-35)31-23-12-20(32-33-23)13-24(37)30-19-6-2-5-18(27)11-19/h2,5-6,11-12,14,16,21,36H,3-4,7-10,13,15H2,1H3,(H,30,37)(H2,28,29,31,32,33)/t21-/m0/s1. The number of ether oxygens (including phenoxy) is 1. The van der Waals surface area contributed by atoms with Gasteiger partial charge >= 0.3 is 0 Å². The molecule has 0 saturated carbocycles. The van der Waals surface area contributed by atoms with Gasteiger partial charge in [0.15, 0.2) is 11.6 Å². The van der Waals surface area contributed by atoms with E-state index < -0.39 is 5.82 Å². The molecule has 1 fully saturated rings. The zero-order valence-electron chi connectivity index (χ0n) is 21.2. The molecule has 1 aliphatic heterocycles. The summed E-state index contributed by atoms with van der Waals surface area (Å²) in [6.45, 7) is 4.64. The van der Waals surface area contributed by atoms with E-state index in [9.17, 15) is 14.3 Å². The number of nitrogens with zero attached hydrogens (tertiary/aromatic N) is 5. The average Bonchev–Trinajstić information content (AvgIpc) is 3.61. The van der Waals surface area contributed by atoms with E-state index in [1.54, 1.807) is 16.6 Å². The maximum atomic E-state index is 13.4. The predicted molar refractivity (Wildman–Crippen MR) is 140 cm³/mol. The molecule has 3 aromatic heterocycles. The molecule has 0 unspecified atom stereocenters. The number of amides is 1. The maximum Gasteiger partial charge on any atom is 0.230 e. The molecule has 0 spiro atoms. The lowest BCUT2D eigenvalue weighted by Gasteiger charge is -2.22. The van der Waals surface area contributed by atoms with Crippen LogP contribution in [0.4, 0.5) is 21.7 Å². The van der Waals surface area contributed by atoms with Crippen LogP contribution in [0.2, 0.25) is 0 Å². The number of fused-ring (bicyclic) bond motifs is 1. The summed E-state index contributed by atoms with van der Waals surface area (Å²) in [5.41, 5.74) is 2.64. The molecule has 11 nitrogen and oxygen atoms in total. The number of rotatable bonds is 11. The number of carbonyl (C=O) groups excluding carboxylic acids is 1. The molecule has 1 aliphatic rings. The van der Waals surface area contributed by atoms with E-state index in [2.05, 4.69) is 35.8 Å². The molecular formula is C26H31FN8O3. The Balaban J connectivity index is 1.19. The van der Waals surface area contributed by atoms with Crippen molar-refractivity contribution in [2.24, 2.45) is 0 Å². The van der Waals surface area contributed by atoms with E-state index in [1.807, 2.05) is 13.1 Å². The van der Waals surface area contributed by atoms with Crippen LogP contribution in [0.1, 0.15) is 30.5 Å². The summed E-state index contributed by atoms with van der Waals surface area (Å²) >= 11 is 0. The van der Waals surface area contributed by atoms with Gasteiger partial charge in [-0.2, -0.15) is 10.2 Å². The number of carbonyl (C=O) groups is 1. The summed E-state index contributed by atoms with van der Waals surface area (Å²) < 4.78 is 21.1. The molecule has 4 N–H and O–H groups in total. The highest BCUT2D eigenvalue weighted by molar-refractivity contribution is 5.92. The van der Waals surface area contributed by atoms with Crippen molar-refractivity contribution in [2.45, 2.75) is 38.6 Å². The molecule has 1 aromatic carbocycles. The van der Waals surface area contributed by atoms with Crippen LogP contribution in [0.25, 0.3) is 5.52 Å². The molecule has 4 heterocycles.